The summed E-state index contributed by atoms with van der Waals surface area (Å²) in [4.78, 5) is 10.3. The number of hydrogen-bond acceptors (Lipinski definition) is 3. The number of nitrogens with one attached hydrogen (secondary N) is 1. The Hall–Kier alpha value is -2.87. The number of nitro benzene ring substituents is 1. The van der Waals surface area contributed by atoms with E-state index >= 15 is 0 Å². The van der Waals surface area contributed by atoms with Crippen molar-refractivity contribution in [3.8, 4) is 12.3 Å². The van der Waals surface area contributed by atoms with Crippen molar-refractivity contribution in [2.45, 2.75) is 6.54 Å². The second-order valence-corrected chi connectivity index (χ2v) is 4.11. The van der Waals surface area contributed by atoms with Gasteiger partial charge in [-0.05, 0) is 30.3 Å². The molecule has 4 nitrogen and oxygen atoms in total. The van der Waals surface area contributed by atoms with Crippen molar-refractivity contribution >= 4 is 11.4 Å². The maximum absolute atomic E-state index is 13.2. The third-order valence-electron chi connectivity index (χ3n) is 2.75. The van der Waals surface area contributed by atoms with Crippen LogP contribution >= 0.6 is 0 Å². The smallest absolute Gasteiger partial charge is 0.274 e. The molecule has 0 atom stereocenters. The molecular weight excluding hydrogens is 259 g/mol. The molecule has 0 heterocycles. The van der Waals surface area contributed by atoms with Gasteiger partial charge < -0.3 is 5.32 Å². The van der Waals surface area contributed by atoms with E-state index in [1.807, 2.05) is 0 Å². The first-order chi connectivity index (χ1) is 9.60. The largest absolute Gasteiger partial charge is 0.381 e. The summed E-state index contributed by atoms with van der Waals surface area (Å²) in [5.41, 5.74) is 1.58. The highest BCUT2D eigenvalue weighted by atomic mass is 19.1. The summed E-state index contributed by atoms with van der Waals surface area (Å²) in [6, 6.07) is 10.4. The first kappa shape index (κ1) is 13.6. The fourth-order valence-electron chi connectivity index (χ4n) is 1.79. The van der Waals surface area contributed by atoms with Crippen LogP contribution in [0, 0.1) is 28.3 Å². The molecule has 20 heavy (non-hydrogen) atoms. The number of nitrogens with zero attached hydrogens (tertiary/aromatic N) is 1. The van der Waals surface area contributed by atoms with Crippen LogP contribution in [0.4, 0.5) is 15.8 Å². The predicted octanol–water partition coefficient (Wildman–Crippen LogP) is 3.33. The zero-order chi connectivity index (χ0) is 14.5. The van der Waals surface area contributed by atoms with Crippen LogP contribution in [0.2, 0.25) is 0 Å². The summed E-state index contributed by atoms with van der Waals surface area (Å²) in [5, 5.41) is 13.9. The van der Waals surface area contributed by atoms with Crippen LogP contribution in [0.5, 0.6) is 0 Å². The third kappa shape index (κ3) is 3.12. The molecule has 2 aromatic rings. The van der Waals surface area contributed by atoms with E-state index in [1.54, 1.807) is 24.3 Å². The van der Waals surface area contributed by atoms with E-state index in [0.717, 1.165) is 23.9 Å². The normalized spacial score (nSPS) is 9.80. The Bertz CT molecular complexity index is 693. The molecule has 0 bridgehead atoms. The molecule has 0 saturated heterocycles. The molecule has 0 aliphatic carbocycles. The van der Waals surface area contributed by atoms with Crippen molar-refractivity contribution in [1.29, 1.82) is 0 Å². The molecule has 2 rings (SSSR count). The molecule has 0 aliphatic heterocycles. The van der Waals surface area contributed by atoms with Gasteiger partial charge in [-0.15, -0.1) is 6.42 Å². The maximum Gasteiger partial charge on any atom is 0.274 e. The molecule has 0 amide bonds. The van der Waals surface area contributed by atoms with Crippen LogP contribution in [0.1, 0.15) is 11.1 Å². The summed E-state index contributed by atoms with van der Waals surface area (Å²) in [7, 11) is 0. The van der Waals surface area contributed by atoms with Gasteiger partial charge in [0, 0.05) is 23.9 Å². The summed E-state index contributed by atoms with van der Waals surface area (Å²) < 4.78 is 13.2. The highest BCUT2D eigenvalue weighted by Crippen LogP contribution is 2.21. The van der Waals surface area contributed by atoms with Crippen LogP contribution in [-0.2, 0) is 6.54 Å². The Morgan fingerprint density at radius 3 is 2.80 bits per heavy atom. The minimum atomic E-state index is -0.533. The van der Waals surface area contributed by atoms with Crippen molar-refractivity contribution in [2.24, 2.45) is 0 Å². The molecule has 0 fully saturated rings. The lowest BCUT2D eigenvalue weighted by Crippen LogP contribution is -2.03. The average Bonchev–Trinajstić information content (AvgIpc) is 2.45. The number of hydrogen-bond donors (Lipinski definition) is 1. The van der Waals surface area contributed by atoms with Gasteiger partial charge in [0.2, 0.25) is 0 Å². The summed E-state index contributed by atoms with van der Waals surface area (Å²) >= 11 is 0. The van der Waals surface area contributed by atoms with Crippen LogP contribution in [0.15, 0.2) is 42.5 Å². The molecule has 0 aromatic heterocycles. The first-order valence-electron chi connectivity index (χ1n) is 5.83. The van der Waals surface area contributed by atoms with Crippen molar-refractivity contribution < 1.29 is 9.31 Å². The molecular formula is C15H11FN2O2. The van der Waals surface area contributed by atoms with E-state index in [-0.39, 0.29) is 17.8 Å². The van der Waals surface area contributed by atoms with Crippen molar-refractivity contribution in [1.82, 2.24) is 0 Å². The Labute approximate surface area is 115 Å². The number of halogens is 1. The standard InChI is InChI=1S/C15H11FN2O2/c1-2-11-4-3-5-14(8-11)17-10-12-9-13(16)6-7-15(12)18(19)20/h1,3-9,17H,10H2. The summed E-state index contributed by atoms with van der Waals surface area (Å²) in [6.45, 7) is 0.141. The van der Waals surface area contributed by atoms with E-state index in [1.165, 1.54) is 0 Å². The van der Waals surface area contributed by atoms with Gasteiger partial charge in [-0.25, -0.2) is 4.39 Å². The molecule has 0 unspecified atom stereocenters. The van der Waals surface area contributed by atoms with Gasteiger partial charge in [-0.2, -0.15) is 0 Å². The zero-order valence-electron chi connectivity index (χ0n) is 10.5. The number of rotatable bonds is 4. The number of nitro groups is 1. The topological polar surface area (TPSA) is 55.2 Å². The fourth-order valence-corrected chi connectivity index (χ4v) is 1.79. The number of anilines is 1. The lowest BCUT2D eigenvalue weighted by Gasteiger charge is -2.07. The van der Waals surface area contributed by atoms with Crippen LogP contribution in [0.3, 0.4) is 0 Å². The minimum Gasteiger partial charge on any atom is -0.381 e. The van der Waals surface area contributed by atoms with Crippen molar-refractivity contribution in [3.63, 3.8) is 0 Å². The second kappa shape index (κ2) is 5.85. The van der Waals surface area contributed by atoms with Crippen molar-refractivity contribution in [2.75, 3.05) is 5.32 Å². The monoisotopic (exact) mass is 270 g/mol. The minimum absolute atomic E-state index is 0.119. The lowest BCUT2D eigenvalue weighted by atomic mass is 10.1. The lowest BCUT2D eigenvalue weighted by molar-refractivity contribution is -0.385. The fraction of sp³-hybridized carbons (Fsp3) is 0.0667. The molecule has 0 saturated carbocycles. The average molecular weight is 270 g/mol. The summed E-state index contributed by atoms with van der Waals surface area (Å²) in [5.74, 6) is 1.99. The Morgan fingerprint density at radius 1 is 1.30 bits per heavy atom. The highest BCUT2D eigenvalue weighted by molar-refractivity contribution is 5.51. The molecule has 100 valence electrons. The first-order valence-corrected chi connectivity index (χ1v) is 5.83. The number of terminal acetylenes is 1. The molecule has 2 aromatic carbocycles. The zero-order valence-corrected chi connectivity index (χ0v) is 10.5. The van der Waals surface area contributed by atoms with Gasteiger partial charge in [-0.3, -0.25) is 10.1 Å². The Balaban J connectivity index is 2.20. The van der Waals surface area contributed by atoms with E-state index in [0.29, 0.717) is 5.56 Å². The Morgan fingerprint density at radius 2 is 2.10 bits per heavy atom. The molecule has 5 heteroatoms. The molecule has 0 aliphatic rings. The predicted molar refractivity (Wildman–Crippen MR) is 74.8 cm³/mol. The van der Waals surface area contributed by atoms with Crippen molar-refractivity contribution in [3.05, 3.63) is 69.5 Å². The molecule has 0 spiro atoms. The van der Waals surface area contributed by atoms with Gasteiger partial charge in [0.25, 0.3) is 5.69 Å². The SMILES string of the molecule is C#Cc1cccc(NCc2cc(F)ccc2[N+](=O)[O-])c1. The van der Waals surface area contributed by atoms with E-state index in [2.05, 4.69) is 11.2 Å². The van der Waals surface area contributed by atoms with E-state index in [9.17, 15) is 14.5 Å². The van der Waals surface area contributed by atoms with Gasteiger partial charge in [0.1, 0.15) is 5.82 Å². The quantitative estimate of drug-likeness (QED) is 0.526. The maximum atomic E-state index is 13.2. The summed E-state index contributed by atoms with van der Waals surface area (Å²) in [6.07, 6.45) is 5.29. The molecule has 0 radical (unpaired) electrons. The highest BCUT2D eigenvalue weighted by Gasteiger charge is 2.13. The third-order valence-corrected chi connectivity index (χ3v) is 2.75. The molecule has 1 N–H and O–H groups in total. The van der Waals surface area contributed by atoms with Gasteiger partial charge in [0.15, 0.2) is 0 Å². The van der Waals surface area contributed by atoms with Gasteiger partial charge in [0.05, 0.1) is 10.5 Å². The van der Waals surface area contributed by atoms with E-state index in [4.69, 9.17) is 6.42 Å². The van der Waals surface area contributed by atoms with Crippen LogP contribution in [0.25, 0.3) is 0 Å². The second-order valence-electron chi connectivity index (χ2n) is 4.11. The van der Waals surface area contributed by atoms with Crippen LogP contribution < -0.4 is 5.32 Å². The van der Waals surface area contributed by atoms with E-state index < -0.39 is 10.7 Å². The van der Waals surface area contributed by atoms with Gasteiger partial charge in [-0.1, -0.05) is 12.0 Å². The van der Waals surface area contributed by atoms with Gasteiger partial charge >= 0.3 is 0 Å². The Kier molecular flexibility index (Phi) is 3.96. The number of benzene rings is 2. The van der Waals surface area contributed by atoms with Crippen LogP contribution in [-0.4, -0.2) is 4.92 Å².